The number of anilines is 4. The average Bonchev–Trinajstić information content (AvgIpc) is 3.59. The van der Waals surface area contributed by atoms with Crippen molar-refractivity contribution >= 4 is 60.8 Å². The fraction of sp³-hybridized carbons (Fsp3) is 0.276. The molecule has 13 heteroatoms. The number of methoxy groups -OCH3 is 1. The van der Waals surface area contributed by atoms with Gasteiger partial charge in [-0.3, -0.25) is 0 Å². The van der Waals surface area contributed by atoms with Crippen LogP contribution >= 0.6 is 22.7 Å². The largest absolute Gasteiger partial charge is 0.491 e. The van der Waals surface area contributed by atoms with Gasteiger partial charge in [0.05, 0.1) is 16.8 Å². The minimum absolute atomic E-state index is 0.0172. The highest BCUT2D eigenvalue weighted by Crippen LogP contribution is 2.34. The molecule has 42 heavy (non-hydrogen) atoms. The SMILES string of the molecule is COCCCN(c1cc(C)c(Nc2nc3ccccc3s2)nn1)c1nc(C(=O)O)c(CCCOc2ccccc2F)s1. The zero-order valence-electron chi connectivity index (χ0n) is 23.0. The number of benzene rings is 2. The number of aromatic carboxylic acids is 1. The molecule has 0 fully saturated rings. The van der Waals surface area contributed by atoms with Crippen LogP contribution in [0.2, 0.25) is 0 Å². The summed E-state index contributed by atoms with van der Waals surface area (Å²) in [6.07, 6.45) is 1.57. The Morgan fingerprint density at radius 3 is 2.62 bits per heavy atom. The van der Waals surface area contributed by atoms with Crippen molar-refractivity contribution in [3.8, 4) is 5.75 Å². The van der Waals surface area contributed by atoms with Crippen molar-refractivity contribution in [1.82, 2.24) is 20.2 Å². The number of thiazole rings is 2. The van der Waals surface area contributed by atoms with Gasteiger partial charge in [-0.1, -0.05) is 35.6 Å². The summed E-state index contributed by atoms with van der Waals surface area (Å²) in [6.45, 7) is 3.16. The molecule has 2 aromatic carbocycles. The Morgan fingerprint density at radius 1 is 1.05 bits per heavy atom. The molecular formula is C29H29FN6O4S2. The molecule has 2 N–H and O–H groups in total. The Morgan fingerprint density at radius 2 is 1.86 bits per heavy atom. The summed E-state index contributed by atoms with van der Waals surface area (Å²) in [4.78, 5) is 23.6. The maximum atomic E-state index is 13.9. The number of aryl methyl sites for hydroxylation is 2. The Balaban J connectivity index is 1.34. The van der Waals surface area contributed by atoms with E-state index in [4.69, 9.17) is 9.47 Å². The predicted octanol–water partition coefficient (Wildman–Crippen LogP) is 6.62. The summed E-state index contributed by atoms with van der Waals surface area (Å²) in [6, 6.07) is 16.0. The zero-order valence-corrected chi connectivity index (χ0v) is 24.7. The molecule has 0 spiro atoms. The fourth-order valence-electron chi connectivity index (χ4n) is 4.20. The molecular weight excluding hydrogens is 579 g/mol. The van der Waals surface area contributed by atoms with Crippen LogP contribution in [0.25, 0.3) is 10.2 Å². The van der Waals surface area contributed by atoms with Gasteiger partial charge in [-0.2, -0.15) is 0 Å². The Hall–Kier alpha value is -4.20. The quantitative estimate of drug-likeness (QED) is 0.133. The monoisotopic (exact) mass is 608 g/mol. The van der Waals surface area contributed by atoms with Gasteiger partial charge >= 0.3 is 5.97 Å². The van der Waals surface area contributed by atoms with E-state index in [1.807, 2.05) is 42.2 Å². The molecule has 5 aromatic rings. The van der Waals surface area contributed by atoms with Gasteiger partial charge in [0.1, 0.15) is 0 Å². The molecule has 3 heterocycles. The standard InChI is InChI=1S/C29H29FN6O4S2/c1-18-17-24(34-35-26(18)33-28-31-20-10-4-6-12-22(20)41-28)36(14-8-15-39-2)29-32-25(27(37)38)23(42-29)13-7-16-40-21-11-5-3-9-19(21)30/h3-6,9-12,17H,7-8,13-16H2,1-2H3,(H,37,38)(H,31,33,35). The van der Waals surface area contributed by atoms with Gasteiger partial charge in [-0.05, 0) is 62.1 Å². The number of carbonyl (C=O) groups is 1. The van der Waals surface area contributed by atoms with Crippen LogP contribution in [0.3, 0.4) is 0 Å². The number of rotatable bonds is 14. The Bertz CT molecular complexity index is 1640. The molecule has 0 atom stereocenters. The number of fused-ring (bicyclic) bond motifs is 1. The number of halogens is 1. The number of carboxylic acid groups (broad SMARTS) is 1. The van der Waals surface area contributed by atoms with Crippen molar-refractivity contribution in [2.75, 3.05) is 37.1 Å². The summed E-state index contributed by atoms with van der Waals surface area (Å²) < 4.78 is 25.7. The molecule has 10 nitrogen and oxygen atoms in total. The number of nitrogens with zero attached hydrogens (tertiary/aromatic N) is 5. The maximum absolute atomic E-state index is 13.9. The van der Waals surface area contributed by atoms with E-state index in [9.17, 15) is 14.3 Å². The van der Waals surface area contributed by atoms with Gasteiger partial charge in [-0.15, -0.1) is 21.5 Å². The lowest BCUT2D eigenvalue weighted by atomic mass is 10.2. The van der Waals surface area contributed by atoms with Gasteiger partial charge in [0.15, 0.2) is 39.2 Å². The molecule has 0 bridgehead atoms. The van der Waals surface area contributed by atoms with Crippen LogP contribution in [-0.4, -0.2) is 58.1 Å². The number of aromatic nitrogens is 4. The van der Waals surface area contributed by atoms with Crippen LogP contribution in [-0.2, 0) is 11.2 Å². The van der Waals surface area contributed by atoms with Gasteiger partial charge < -0.3 is 24.8 Å². The second kappa shape index (κ2) is 13.6. The van der Waals surface area contributed by atoms with E-state index in [0.29, 0.717) is 59.2 Å². The number of ether oxygens (including phenoxy) is 2. The number of hydrogen-bond donors (Lipinski definition) is 2. The molecule has 0 saturated heterocycles. The third kappa shape index (κ3) is 6.98. The van der Waals surface area contributed by atoms with Crippen LogP contribution in [0, 0.1) is 12.7 Å². The van der Waals surface area contributed by atoms with E-state index in [1.165, 1.54) is 28.7 Å². The zero-order chi connectivity index (χ0) is 29.5. The number of nitrogens with one attached hydrogen (secondary N) is 1. The lowest BCUT2D eigenvalue weighted by Gasteiger charge is -2.21. The van der Waals surface area contributed by atoms with E-state index in [1.54, 1.807) is 25.3 Å². The highest BCUT2D eigenvalue weighted by Gasteiger charge is 2.23. The van der Waals surface area contributed by atoms with Crippen molar-refractivity contribution in [3.05, 3.63) is 76.5 Å². The average molecular weight is 609 g/mol. The first kappa shape index (κ1) is 29.3. The lowest BCUT2D eigenvalue weighted by Crippen LogP contribution is -2.21. The Labute approximate surface area is 249 Å². The molecule has 0 aliphatic carbocycles. The van der Waals surface area contributed by atoms with Crippen molar-refractivity contribution in [2.24, 2.45) is 0 Å². The molecule has 0 aliphatic heterocycles. The molecule has 0 radical (unpaired) electrons. The van der Waals surface area contributed by atoms with Gasteiger partial charge in [0.2, 0.25) is 0 Å². The van der Waals surface area contributed by atoms with E-state index in [-0.39, 0.29) is 18.1 Å². The van der Waals surface area contributed by atoms with E-state index >= 15 is 0 Å². The second-order valence-corrected chi connectivity index (χ2v) is 11.4. The summed E-state index contributed by atoms with van der Waals surface area (Å²) in [7, 11) is 1.63. The molecule has 3 aromatic heterocycles. The minimum Gasteiger partial charge on any atom is -0.491 e. The fourth-order valence-corrected chi connectivity index (χ4v) is 6.19. The highest BCUT2D eigenvalue weighted by molar-refractivity contribution is 7.22. The number of carboxylic acids is 1. The first-order valence-electron chi connectivity index (χ1n) is 13.3. The van der Waals surface area contributed by atoms with Crippen LogP contribution in [0.1, 0.15) is 33.8 Å². The lowest BCUT2D eigenvalue weighted by molar-refractivity contribution is 0.0690. The first-order chi connectivity index (χ1) is 20.4. The van der Waals surface area contributed by atoms with Crippen molar-refractivity contribution in [3.63, 3.8) is 0 Å². The number of para-hydroxylation sites is 2. The first-order valence-corrected chi connectivity index (χ1v) is 14.9. The molecule has 218 valence electrons. The molecule has 0 unspecified atom stereocenters. The predicted molar refractivity (Wildman–Crippen MR) is 162 cm³/mol. The molecule has 0 amide bonds. The van der Waals surface area contributed by atoms with E-state index in [0.717, 1.165) is 15.8 Å². The van der Waals surface area contributed by atoms with Gasteiger partial charge in [-0.25, -0.2) is 19.2 Å². The number of hydrogen-bond acceptors (Lipinski definition) is 11. The van der Waals surface area contributed by atoms with Crippen molar-refractivity contribution in [2.45, 2.75) is 26.2 Å². The molecule has 0 saturated carbocycles. The normalized spacial score (nSPS) is 11.1. The van der Waals surface area contributed by atoms with Crippen LogP contribution in [0.15, 0.2) is 54.6 Å². The third-order valence-corrected chi connectivity index (χ3v) is 8.35. The molecule has 5 rings (SSSR count). The second-order valence-electron chi connectivity index (χ2n) is 9.30. The summed E-state index contributed by atoms with van der Waals surface area (Å²) >= 11 is 2.82. The van der Waals surface area contributed by atoms with Crippen LogP contribution in [0.4, 0.5) is 26.3 Å². The van der Waals surface area contributed by atoms with Crippen LogP contribution < -0.4 is 15.0 Å². The smallest absolute Gasteiger partial charge is 0.355 e. The minimum atomic E-state index is -1.11. The summed E-state index contributed by atoms with van der Waals surface area (Å²) in [5, 5.41) is 23.2. The Kier molecular flexibility index (Phi) is 9.52. The maximum Gasteiger partial charge on any atom is 0.355 e. The van der Waals surface area contributed by atoms with Crippen molar-refractivity contribution < 1.29 is 23.8 Å². The van der Waals surface area contributed by atoms with E-state index in [2.05, 4.69) is 25.5 Å². The summed E-state index contributed by atoms with van der Waals surface area (Å²) in [5.74, 6) is -0.264. The van der Waals surface area contributed by atoms with Gasteiger partial charge in [0, 0.05) is 25.1 Å². The van der Waals surface area contributed by atoms with Crippen molar-refractivity contribution in [1.29, 1.82) is 0 Å². The van der Waals surface area contributed by atoms with E-state index < -0.39 is 11.8 Å². The molecule has 0 aliphatic rings. The highest BCUT2D eigenvalue weighted by atomic mass is 32.1. The van der Waals surface area contributed by atoms with Gasteiger partial charge in [0.25, 0.3) is 0 Å². The summed E-state index contributed by atoms with van der Waals surface area (Å²) in [5.41, 5.74) is 1.73. The topological polar surface area (TPSA) is 123 Å². The van der Waals surface area contributed by atoms with Crippen LogP contribution in [0.5, 0.6) is 5.75 Å². The third-order valence-electron chi connectivity index (χ3n) is 6.26.